The number of benzene rings is 5. The molecule has 15 rings (SSSR count). The number of hydrogen-bond acceptors (Lipinski definition) is 28. The fraction of sp³-hybridized carbons (Fsp3) is 0.106. The van der Waals surface area contributed by atoms with Crippen LogP contribution in [0, 0.1) is 24.4 Å². The lowest BCUT2D eigenvalue weighted by atomic mass is 10.1. The average Bonchev–Trinajstić information content (AvgIpc) is 1.28. The molecule has 0 aliphatic carbocycles. The molecular weight excluding hydrogens is 1670 g/mol. The Labute approximate surface area is 708 Å². The van der Waals surface area contributed by atoms with Crippen LogP contribution in [0.4, 0.5) is 22.0 Å². The average molecular weight is 1730 g/mol. The molecule has 0 radical (unpaired) electrons. The fourth-order valence-electron chi connectivity index (χ4n) is 10.4. The number of ether oxygens (including phenoxy) is 6. The van der Waals surface area contributed by atoms with Gasteiger partial charge in [0.1, 0.15) is 93.5 Å². The van der Waals surface area contributed by atoms with E-state index in [1.54, 1.807) is 66.2 Å². The molecule has 0 saturated heterocycles. The van der Waals surface area contributed by atoms with Gasteiger partial charge in [-0.1, -0.05) is 46.9 Å². The standard InChI is InChI=1S/C19H14ClF2N3O2.C18H14ClN3O3.C17H11ClFN3O2.C16H12FN3O2S.C15H10FN3O2S/c1-19(21,22)18-4-2-3-14(25-18)8-17(26)12-5-13(20)7-15(6-12)27-16-9-23-11-24-10-16;1-24-18-4-2-3-14(22-18)8-17(23)12-5-13(19)7-15(6-12)25-16-9-20-11-21-10-16;18-12-3-11(17(23)7-14-6-13(19)1-2-22-14)4-15(5-12)24-16-8-20-10-21-9-16;1-10-8-23-16(20-10)5-15(21)11-2-12(17)4-13(3-11)22-14-6-18-9-19-7-14;16-11-3-10(14(20)6-15-19-1-2-22-15)4-12(5-11)21-13-7-17-9-18-8-13/h2-7,9-11H,8H2,1H3;2-7,9-11H,8H2,1H3;1-6,8-10H,7H2;2-4,6-9H,5H2,1H3;1-5,7-9H,6H2. The van der Waals surface area contributed by atoms with Crippen molar-refractivity contribution >= 4 is 86.4 Å². The van der Waals surface area contributed by atoms with Crippen LogP contribution in [0.1, 0.15) is 97.2 Å². The van der Waals surface area contributed by atoms with Crippen LogP contribution in [0.25, 0.3) is 0 Å². The number of ketones is 5. The highest BCUT2D eigenvalue weighted by Crippen LogP contribution is 2.33. The number of carbonyl (C=O) groups is 5. The van der Waals surface area contributed by atoms with E-state index >= 15 is 0 Å². The van der Waals surface area contributed by atoms with E-state index in [9.17, 15) is 45.9 Å². The van der Waals surface area contributed by atoms with E-state index in [-0.39, 0.29) is 101 Å². The Hall–Kier alpha value is -14.1. The lowest BCUT2D eigenvalue weighted by molar-refractivity contribution is 0.0125. The van der Waals surface area contributed by atoms with Gasteiger partial charge in [-0.05, 0) is 116 Å². The maximum Gasteiger partial charge on any atom is 0.286 e. The highest BCUT2D eigenvalue weighted by molar-refractivity contribution is 7.10. The van der Waals surface area contributed by atoms with Crippen molar-refractivity contribution in [1.82, 2.24) is 74.8 Å². The van der Waals surface area contributed by atoms with Crippen LogP contribution in [-0.4, -0.2) is 111 Å². The van der Waals surface area contributed by atoms with Crippen LogP contribution >= 0.6 is 57.5 Å². The van der Waals surface area contributed by atoms with Crippen molar-refractivity contribution in [2.75, 3.05) is 7.11 Å². The molecule has 0 saturated carbocycles. The zero-order valence-electron chi connectivity index (χ0n) is 63.3. The smallest absolute Gasteiger partial charge is 0.286 e. The molecule has 121 heavy (non-hydrogen) atoms. The second-order valence-electron chi connectivity index (χ2n) is 25.1. The van der Waals surface area contributed by atoms with Crippen LogP contribution in [0.3, 0.4) is 0 Å². The van der Waals surface area contributed by atoms with Crippen LogP contribution in [0.15, 0.2) is 256 Å². The molecule has 0 spiro atoms. The molecule has 0 bridgehead atoms. The third kappa shape index (κ3) is 28.6. The summed E-state index contributed by atoms with van der Waals surface area (Å²) in [6, 6.07) is 33.7. The minimum Gasteiger partial charge on any atom is -0.481 e. The van der Waals surface area contributed by atoms with Gasteiger partial charge < -0.3 is 28.4 Å². The maximum atomic E-state index is 13.8. The zero-order valence-corrected chi connectivity index (χ0v) is 67.2. The molecule has 5 aromatic carbocycles. The summed E-state index contributed by atoms with van der Waals surface area (Å²) < 4.78 is 100. The van der Waals surface area contributed by atoms with E-state index in [1.807, 2.05) is 12.3 Å². The quantitative estimate of drug-likeness (QED) is 0.0341. The van der Waals surface area contributed by atoms with Gasteiger partial charge in [0.15, 0.2) is 57.7 Å². The van der Waals surface area contributed by atoms with Gasteiger partial charge in [-0.15, -0.1) is 22.7 Å². The molecule has 0 atom stereocenters. The van der Waals surface area contributed by atoms with Crippen molar-refractivity contribution in [3.63, 3.8) is 0 Å². The van der Waals surface area contributed by atoms with Crippen molar-refractivity contribution in [1.29, 1.82) is 0 Å². The summed E-state index contributed by atoms with van der Waals surface area (Å²) in [5, 5.41) is 6.10. The Bertz CT molecular complexity index is 6040. The van der Waals surface area contributed by atoms with E-state index < -0.39 is 23.4 Å². The second-order valence-corrected chi connectivity index (χ2v) is 28.3. The first kappa shape index (κ1) is 87.7. The number of pyridine rings is 3. The number of aryl methyl sites for hydroxylation is 1. The summed E-state index contributed by atoms with van der Waals surface area (Å²) >= 11 is 21.0. The van der Waals surface area contributed by atoms with Gasteiger partial charge in [-0.2, -0.15) is 8.78 Å². The molecule has 0 aliphatic rings. The number of thiazole rings is 2. The first-order valence-corrected chi connectivity index (χ1v) is 38.3. The predicted octanol–water partition coefficient (Wildman–Crippen LogP) is 19.4. The van der Waals surface area contributed by atoms with Gasteiger partial charge in [-0.25, -0.2) is 78.0 Å². The van der Waals surface area contributed by atoms with Crippen molar-refractivity contribution in [3.05, 3.63) is 355 Å². The largest absolute Gasteiger partial charge is 0.481 e. The van der Waals surface area contributed by atoms with Crippen molar-refractivity contribution in [2.24, 2.45) is 0 Å². The Morgan fingerprint density at radius 1 is 0.372 bits per heavy atom. The highest BCUT2D eigenvalue weighted by Gasteiger charge is 2.27. The summed E-state index contributed by atoms with van der Waals surface area (Å²) in [5.41, 5.74) is 3.23. The van der Waals surface area contributed by atoms with Crippen LogP contribution in [0.5, 0.6) is 63.4 Å². The molecule has 26 nitrogen and oxygen atoms in total. The lowest BCUT2D eigenvalue weighted by Gasteiger charge is -2.11. The predicted molar refractivity (Wildman–Crippen MR) is 436 cm³/mol. The van der Waals surface area contributed by atoms with E-state index in [2.05, 4.69) is 74.8 Å². The third-order valence-corrected chi connectivity index (χ3v) is 18.1. The number of methoxy groups -OCH3 is 1. The van der Waals surface area contributed by atoms with Gasteiger partial charge in [0.05, 0.1) is 113 Å². The number of carbonyl (C=O) groups excluding carboxylic acids is 5. The van der Waals surface area contributed by atoms with Crippen molar-refractivity contribution in [2.45, 2.75) is 51.9 Å². The van der Waals surface area contributed by atoms with Gasteiger partial charge in [0.2, 0.25) is 5.88 Å². The SMILES string of the molecule is CC(F)(F)c1cccc(CC(=O)c2cc(Cl)cc(Oc3cncnc3)c2)n1.COc1cccc(CC(=O)c2cc(Cl)cc(Oc3cncnc3)c2)n1.Cc1csc(CC(=O)c2cc(F)cc(Oc3cncnc3)c2)n1.O=C(Cc1cc(F)ccn1)c1cc(Cl)cc(Oc2cncnc2)c1.O=C(Cc1nccs1)c1cc(F)cc(Oc2cncnc2)c1. The number of nitrogens with zero attached hydrogens (tertiary/aromatic N) is 15. The number of hydrogen-bond donors (Lipinski definition) is 0. The lowest BCUT2D eigenvalue weighted by Crippen LogP contribution is -2.12. The first-order chi connectivity index (χ1) is 58.3. The molecule has 0 fully saturated rings. The topological polar surface area (TPSA) is 334 Å². The monoisotopic (exact) mass is 1730 g/mol. The second kappa shape index (κ2) is 43.4. The number of Topliss-reactive ketones (excluding diaryl/α,β-unsaturated/α-hetero) is 5. The molecular formula is C85H61Cl3F5N15O11S2. The molecule has 15 aromatic rings. The Balaban J connectivity index is 0.000000148. The van der Waals surface area contributed by atoms with Crippen LogP contribution in [0.2, 0.25) is 15.1 Å². The summed E-state index contributed by atoms with van der Waals surface area (Å²) in [5.74, 6) is -1.68. The van der Waals surface area contributed by atoms with Crippen LogP contribution < -0.4 is 28.4 Å². The molecule has 36 heteroatoms. The molecule has 0 unspecified atom stereocenters. The summed E-state index contributed by atoms with van der Waals surface area (Å²) in [4.78, 5) is 121. The Morgan fingerprint density at radius 2 is 0.736 bits per heavy atom. The van der Waals surface area contributed by atoms with Gasteiger partial charge in [0, 0.05) is 103 Å². The first-order valence-electron chi connectivity index (χ1n) is 35.4. The van der Waals surface area contributed by atoms with E-state index in [0.717, 1.165) is 12.6 Å². The molecule has 0 aliphatic heterocycles. The van der Waals surface area contributed by atoms with E-state index in [0.29, 0.717) is 99.5 Å². The molecule has 10 aromatic heterocycles. The summed E-state index contributed by atoms with van der Waals surface area (Å²) in [6.07, 6.45) is 24.8. The van der Waals surface area contributed by atoms with E-state index in [4.69, 9.17) is 63.2 Å². The van der Waals surface area contributed by atoms with Gasteiger partial charge >= 0.3 is 0 Å². The van der Waals surface area contributed by atoms with Crippen molar-refractivity contribution in [3.8, 4) is 63.4 Å². The highest BCUT2D eigenvalue weighted by atomic mass is 35.5. The Kier molecular flexibility index (Phi) is 31.4. The van der Waals surface area contributed by atoms with Gasteiger partial charge in [0.25, 0.3) is 5.92 Å². The number of alkyl halides is 2. The molecule has 0 N–H and O–H groups in total. The van der Waals surface area contributed by atoms with Crippen molar-refractivity contribution < 1.29 is 74.3 Å². The maximum absolute atomic E-state index is 13.8. The zero-order chi connectivity index (χ0) is 85.6. The number of aromatic nitrogens is 15. The third-order valence-electron chi connectivity index (χ3n) is 15.7. The van der Waals surface area contributed by atoms with E-state index in [1.165, 1.54) is 215 Å². The minimum atomic E-state index is -3.08. The number of rotatable bonds is 27. The molecule has 10 heterocycles. The summed E-state index contributed by atoms with van der Waals surface area (Å²) in [7, 11) is 1.53. The molecule has 0 amide bonds. The molecule has 610 valence electrons. The normalized spacial score (nSPS) is 10.6. The fourth-order valence-corrected chi connectivity index (χ4v) is 12.5. The summed E-state index contributed by atoms with van der Waals surface area (Å²) in [6.45, 7) is 2.62. The Morgan fingerprint density at radius 3 is 1.10 bits per heavy atom. The number of halogens is 8. The minimum absolute atomic E-state index is 0.0357. The van der Waals surface area contributed by atoms with Crippen LogP contribution in [-0.2, 0) is 38.0 Å². The van der Waals surface area contributed by atoms with Gasteiger partial charge in [-0.3, -0.25) is 33.9 Å².